The van der Waals surface area contributed by atoms with Crippen molar-refractivity contribution in [3.05, 3.63) is 65.9 Å². The number of likely N-dealkylation sites (tertiary alicyclic amines) is 1. The van der Waals surface area contributed by atoms with Gasteiger partial charge in [0.05, 0.1) is 12.5 Å². The third kappa shape index (κ3) is 4.90. The van der Waals surface area contributed by atoms with Gasteiger partial charge in [-0.3, -0.25) is 9.59 Å². The molecule has 0 radical (unpaired) electrons. The van der Waals surface area contributed by atoms with Crippen molar-refractivity contribution < 1.29 is 27.5 Å². The monoisotopic (exact) mass is 430 g/mol. The number of H-pyrrole nitrogens is 1. The first kappa shape index (κ1) is 21.0. The number of alkyl halides is 3. The van der Waals surface area contributed by atoms with Crippen LogP contribution in [0.3, 0.4) is 0 Å². The molecule has 3 aromatic rings. The van der Waals surface area contributed by atoms with E-state index in [0.29, 0.717) is 24.9 Å². The van der Waals surface area contributed by atoms with Crippen molar-refractivity contribution in [2.45, 2.75) is 38.1 Å². The van der Waals surface area contributed by atoms with Gasteiger partial charge >= 0.3 is 6.36 Å². The van der Waals surface area contributed by atoms with Crippen LogP contribution in [0.5, 0.6) is 5.75 Å². The SMILES string of the molecule is O=C(Cc1cccc(OC(F)(F)F)c1)[C@@H]1CCCN1C(=O)Cc1c[nH]c2ccccc12. The highest BCUT2D eigenvalue weighted by Gasteiger charge is 2.34. The molecular formula is C23H21F3N2O3. The van der Waals surface area contributed by atoms with Crippen molar-refractivity contribution in [2.24, 2.45) is 0 Å². The number of halogens is 3. The molecule has 31 heavy (non-hydrogen) atoms. The van der Waals surface area contributed by atoms with Gasteiger partial charge < -0.3 is 14.6 Å². The fraction of sp³-hybridized carbons (Fsp3) is 0.304. The molecule has 5 nitrogen and oxygen atoms in total. The largest absolute Gasteiger partial charge is 0.573 e. The number of fused-ring (bicyclic) bond motifs is 1. The van der Waals surface area contributed by atoms with Gasteiger partial charge in [0, 0.05) is 30.1 Å². The number of carbonyl (C=O) groups excluding carboxylic acids is 2. The fourth-order valence-electron chi connectivity index (χ4n) is 4.11. The number of aromatic amines is 1. The van der Waals surface area contributed by atoms with Crippen molar-refractivity contribution >= 4 is 22.6 Å². The molecule has 0 unspecified atom stereocenters. The Hall–Kier alpha value is -3.29. The Morgan fingerprint density at radius 3 is 2.71 bits per heavy atom. The molecule has 0 bridgehead atoms. The van der Waals surface area contributed by atoms with Crippen molar-refractivity contribution in [1.82, 2.24) is 9.88 Å². The van der Waals surface area contributed by atoms with Gasteiger partial charge in [0.15, 0.2) is 5.78 Å². The van der Waals surface area contributed by atoms with E-state index in [2.05, 4.69) is 9.72 Å². The molecule has 2 aromatic carbocycles. The standard InChI is InChI=1S/C23H21F3N2O3/c24-23(25,26)31-17-6-3-5-15(11-17)12-21(29)20-9-4-10-28(20)22(30)13-16-14-27-19-8-2-1-7-18(16)19/h1-3,5-8,11,14,20,27H,4,9-10,12-13H2/t20-/m0/s1. The van der Waals surface area contributed by atoms with Gasteiger partial charge in [-0.15, -0.1) is 13.2 Å². The normalized spacial score (nSPS) is 16.6. The van der Waals surface area contributed by atoms with Crippen molar-refractivity contribution in [3.8, 4) is 5.75 Å². The Morgan fingerprint density at radius 1 is 1.10 bits per heavy atom. The Labute approximate surface area is 176 Å². The summed E-state index contributed by atoms with van der Waals surface area (Å²) in [6, 6.07) is 12.5. The van der Waals surface area contributed by atoms with Crippen LogP contribution in [-0.2, 0) is 22.4 Å². The minimum atomic E-state index is -4.79. The zero-order valence-corrected chi connectivity index (χ0v) is 16.6. The summed E-state index contributed by atoms with van der Waals surface area (Å²) in [4.78, 5) is 30.6. The van der Waals surface area contributed by atoms with Gasteiger partial charge in [-0.05, 0) is 42.2 Å². The lowest BCUT2D eigenvalue weighted by Crippen LogP contribution is -2.41. The fourth-order valence-corrected chi connectivity index (χ4v) is 4.11. The van der Waals surface area contributed by atoms with Gasteiger partial charge in [-0.2, -0.15) is 0 Å². The first-order valence-corrected chi connectivity index (χ1v) is 10.0. The number of Topliss-reactive ketones (excluding diaryl/α,β-unsaturated/α-hetero) is 1. The number of nitrogens with one attached hydrogen (secondary N) is 1. The van der Waals surface area contributed by atoms with Crippen LogP contribution < -0.4 is 4.74 Å². The van der Waals surface area contributed by atoms with E-state index in [9.17, 15) is 22.8 Å². The van der Waals surface area contributed by atoms with E-state index < -0.39 is 12.4 Å². The van der Waals surface area contributed by atoms with Crippen LogP contribution >= 0.6 is 0 Å². The molecule has 1 saturated heterocycles. The molecule has 0 aliphatic carbocycles. The third-order valence-electron chi connectivity index (χ3n) is 5.47. The topological polar surface area (TPSA) is 62.4 Å². The van der Waals surface area contributed by atoms with Crippen LogP contribution in [0.25, 0.3) is 10.9 Å². The molecular weight excluding hydrogens is 409 g/mol. The summed E-state index contributed by atoms with van der Waals surface area (Å²) in [6.45, 7) is 0.495. The summed E-state index contributed by atoms with van der Waals surface area (Å²) in [7, 11) is 0. The molecule has 1 fully saturated rings. The number of hydrogen-bond donors (Lipinski definition) is 1. The van der Waals surface area contributed by atoms with Crippen molar-refractivity contribution in [2.75, 3.05) is 6.54 Å². The van der Waals surface area contributed by atoms with E-state index in [1.54, 1.807) is 11.0 Å². The molecule has 4 rings (SSSR count). The maximum atomic E-state index is 12.9. The lowest BCUT2D eigenvalue weighted by Gasteiger charge is -2.24. The number of carbonyl (C=O) groups is 2. The highest BCUT2D eigenvalue weighted by atomic mass is 19.4. The molecule has 162 valence electrons. The molecule has 1 amide bonds. The molecule has 2 heterocycles. The van der Waals surface area contributed by atoms with E-state index in [0.717, 1.165) is 16.5 Å². The van der Waals surface area contributed by atoms with Gasteiger partial charge in [-0.1, -0.05) is 30.3 Å². The highest BCUT2D eigenvalue weighted by molar-refractivity contribution is 5.93. The van der Waals surface area contributed by atoms with Crippen LogP contribution in [0.2, 0.25) is 0 Å². The summed E-state index contributed by atoms with van der Waals surface area (Å²) in [5, 5.41) is 0.972. The highest BCUT2D eigenvalue weighted by Crippen LogP contribution is 2.26. The summed E-state index contributed by atoms with van der Waals surface area (Å²) in [6.07, 6.45) is -1.59. The number of amides is 1. The molecule has 0 saturated carbocycles. The van der Waals surface area contributed by atoms with Crippen LogP contribution in [0, 0.1) is 0 Å². The molecule has 1 atom stereocenters. The van der Waals surface area contributed by atoms with E-state index in [-0.39, 0.29) is 30.3 Å². The average molecular weight is 430 g/mol. The Balaban J connectivity index is 1.44. The van der Waals surface area contributed by atoms with E-state index >= 15 is 0 Å². The molecule has 8 heteroatoms. The number of rotatable bonds is 6. The van der Waals surface area contributed by atoms with Crippen molar-refractivity contribution in [1.29, 1.82) is 0 Å². The van der Waals surface area contributed by atoms with Gasteiger partial charge in [-0.25, -0.2) is 0 Å². The summed E-state index contributed by atoms with van der Waals surface area (Å²) < 4.78 is 41.2. The van der Waals surface area contributed by atoms with Crippen molar-refractivity contribution in [3.63, 3.8) is 0 Å². The van der Waals surface area contributed by atoms with Gasteiger partial charge in [0.1, 0.15) is 5.75 Å². The van der Waals surface area contributed by atoms with Gasteiger partial charge in [0.25, 0.3) is 0 Å². The van der Waals surface area contributed by atoms with E-state index in [1.807, 2.05) is 30.5 Å². The molecule has 0 spiro atoms. The maximum absolute atomic E-state index is 12.9. The van der Waals surface area contributed by atoms with Gasteiger partial charge in [0.2, 0.25) is 5.91 Å². The molecule has 1 aliphatic rings. The smallest absolute Gasteiger partial charge is 0.406 e. The maximum Gasteiger partial charge on any atom is 0.573 e. The van der Waals surface area contributed by atoms with Crippen LogP contribution in [0.15, 0.2) is 54.7 Å². The lowest BCUT2D eigenvalue weighted by molar-refractivity contribution is -0.274. The third-order valence-corrected chi connectivity index (χ3v) is 5.47. The predicted molar refractivity (Wildman–Crippen MR) is 109 cm³/mol. The number of ketones is 1. The minimum absolute atomic E-state index is 0.0589. The number of para-hydroxylation sites is 1. The Morgan fingerprint density at radius 2 is 1.90 bits per heavy atom. The summed E-state index contributed by atoms with van der Waals surface area (Å²) in [5.41, 5.74) is 2.23. The number of hydrogen-bond acceptors (Lipinski definition) is 3. The second-order valence-corrected chi connectivity index (χ2v) is 7.62. The zero-order chi connectivity index (χ0) is 22.0. The predicted octanol–water partition coefficient (Wildman–Crippen LogP) is 4.41. The first-order chi connectivity index (χ1) is 14.8. The summed E-state index contributed by atoms with van der Waals surface area (Å²) in [5.74, 6) is -0.680. The Kier molecular flexibility index (Phi) is 5.71. The van der Waals surface area contributed by atoms with E-state index in [4.69, 9.17) is 0 Å². The van der Waals surface area contributed by atoms with E-state index in [1.165, 1.54) is 18.2 Å². The number of benzene rings is 2. The zero-order valence-electron chi connectivity index (χ0n) is 16.6. The number of aromatic nitrogens is 1. The average Bonchev–Trinajstić information content (AvgIpc) is 3.35. The Bertz CT molecular complexity index is 1110. The van der Waals surface area contributed by atoms with Crippen LogP contribution in [0.1, 0.15) is 24.0 Å². The van der Waals surface area contributed by atoms with Crippen LogP contribution in [0.4, 0.5) is 13.2 Å². The lowest BCUT2D eigenvalue weighted by atomic mass is 10.0. The molecule has 1 N–H and O–H groups in total. The molecule has 1 aromatic heterocycles. The second kappa shape index (κ2) is 8.45. The summed E-state index contributed by atoms with van der Waals surface area (Å²) >= 11 is 0. The minimum Gasteiger partial charge on any atom is -0.406 e. The first-order valence-electron chi connectivity index (χ1n) is 10.0. The molecule has 1 aliphatic heterocycles. The van der Waals surface area contributed by atoms with Crippen LogP contribution in [-0.4, -0.2) is 40.5 Å². The second-order valence-electron chi connectivity index (χ2n) is 7.62. The number of nitrogens with zero attached hydrogens (tertiary/aromatic N) is 1. The number of ether oxygens (including phenoxy) is 1. The quantitative estimate of drug-likeness (QED) is 0.630.